The molecule has 1 heterocycles. The highest BCUT2D eigenvalue weighted by Gasteiger charge is 2.43. The molecule has 30 heavy (non-hydrogen) atoms. The molecule has 0 bridgehead atoms. The van der Waals surface area contributed by atoms with E-state index in [1.807, 2.05) is 6.07 Å². The number of hydrogen-bond donors (Lipinski definition) is 1. The van der Waals surface area contributed by atoms with E-state index in [9.17, 15) is 8.42 Å². The van der Waals surface area contributed by atoms with Gasteiger partial charge in [-0.05, 0) is 73.2 Å². The second kappa shape index (κ2) is 9.37. The largest absolute Gasteiger partial charge is 0.497 e. The van der Waals surface area contributed by atoms with Gasteiger partial charge in [0.1, 0.15) is 11.5 Å². The van der Waals surface area contributed by atoms with Crippen molar-refractivity contribution in [1.29, 1.82) is 0 Å². The van der Waals surface area contributed by atoms with Crippen LogP contribution in [-0.4, -0.2) is 58.0 Å². The summed E-state index contributed by atoms with van der Waals surface area (Å²) < 4.78 is 36.7. The van der Waals surface area contributed by atoms with Crippen molar-refractivity contribution in [1.82, 2.24) is 4.90 Å². The van der Waals surface area contributed by atoms with E-state index in [1.54, 1.807) is 14.2 Å². The Morgan fingerprint density at radius 3 is 2.43 bits per heavy atom. The van der Waals surface area contributed by atoms with Crippen molar-refractivity contribution in [2.45, 2.75) is 31.2 Å². The van der Waals surface area contributed by atoms with Crippen LogP contribution in [0.1, 0.15) is 29.0 Å². The molecule has 1 aliphatic heterocycles. The highest BCUT2D eigenvalue weighted by molar-refractivity contribution is 7.85. The molecule has 1 aliphatic carbocycles. The molecule has 7 heteroatoms. The fraction of sp³-hybridized carbons (Fsp3) is 0.478. The molecule has 2 aromatic carbocycles. The van der Waals surface area contributed by atoms with Crippen molar-refractivity contribution in [2.24, 2.45) is 5.92 Å². The minimum absolute atomic E-state index is 0.604. The molecule has 0 saturated carbocycles. The van der Waals surface area contributed by atoms with Gasteiger partial charge >= 0.3 is 0 Å². The quantitative estimate of drug-likeness (QED) is 0.745. The summed E-state index contributed by atoms with van der Waals surface area (Å²) in [6, 6.07) is 15.8. The number of aryl methyl sites for hydroxylation is 1. The van der Waals surface area contributed by atoms with E-state index in [0.717, 1.165) is 36.8 Å². The van der Waals surface area contributed by atoms with E-state index < -0.39 is 10.1 Å². The van der Waals surface area contributed by atoms with Gasteiger partial charge in [-0.2, -0.15) is 8.42 Å². The van der Waals surface area contributed by atoms with Crippen molar-refractivity contribution >= 4 is 10.1 Å². The van der Waals surface area contributed by atoms with Crippen molar-refractivity contribution < 1.29 is 22.4 Å². The average Bonchev–Trinajstić information content (AvgIpc) is 3.02. The third-order valence-electron chi connectivity index (χ3n) is 6.14. The summed E-state index contributed by atoms with van der Waals surface area (Å²) in [6.45, 7) is 1.15. The van der Waals surface area contributed by atoms with Crippen LogP contribution in [0.4, 0.5) is 0 Å². The zero-order valence-electron chi connectivity index (χ0n) is 18.0. The lowest BCUT2D eigenvalue weighted by Crippen LogP contribution is -2.32. The van der Waals surface area contributed by atoms with Crippen molar-refractivity contribution in [2.75, 3.05) is 34.1 Å². The predicted molar refractivity (Wildman–Crippen MR) is 118 cm³/mol. The third kappa shape index (κ3) is 5.53. The Hall–Kier alpha value is -2.09. The summed E-state index contributed by atoms with van der Waals surface area (Å²) in [5.41, 5.74) is 4.39. The van der Waals surface area contributed by atoms with Gasteiger partial charge in [-0.15, -0.1) is 0 Å². The molecule has 164 valence electrons. The van der Waals surface area contributed by atoms with E-state index in [2.05, 4.69) is 48.3 Å². The number of rotatable bonds is 4. The first-order chi connectivity index (χ1) is 14.2. The molecule has 2 aliphatic rings. The molecular formula is C23H31NO5S. The SMILES string of the molecule is COc1cccc(C[C@@H]2C3CCc4cc(OC)ccc4[C@H]3CN2C)c1.CS(=O)(=O)O. The first-order valence-electron chi connectivity index (χ1n) is 10.1. The molecule has 3 atom stereocenters. The van der Waals surface area contributed by atoms with Crippen LogP contribution in [0.2, 0.25) is 0 Å². The number of likely N-dealkylation sites (N-methyl/N-ethyl adjacent to an activating group) is 1. The van der Waals surface area contributed by atoms with Gasteiger partial charge in [-0.3, -0.25) is 4.55 Å². The lowest BCUT2D eigenvalue weighted by Gasteiger charge is -2.31. The summed E-state index contributed by atoms with van der Waals surface area (Å²) in [5.74, 6) is 3.32. The second-order valence-electron chi connectivity index (χ2n) is 8.17. The molecule has 0 radical (unpaired) electrons. The normalized spacial score (nSPS) is 23.0. The van der Waals surface area contributed by atoms with Crippen LogP contribution in [0.5, 0.6) is 11.5 Å². The van der Waals surface area contributed by atoms with E-state index in [4.69, 9.17) is 14.0 Å². The Kier molecular flexibility index (Phi) is 7.06. The summed E-state index contributed by atoms with van der Waals surface area (Å²) >= 11 is 0. The Labute approximate surface area is 179 Å². The summed E-state index contributed by atoms with van der Waals surface area (Å²) in [7, 11) is 2.11. The molecule has 0 spiro atoms. The number of methoxy groups -OCH3 is 2. The van der Waals surface area contributed by atoms with Gasteiger partial charge in [0.15, 0.2) is 0 Å². The number of benzene rings is 2. The van der Waals surface area contributed by atoms with Crippen LogP contribution in [0, 0.1) is 5.92 Å². The van der Waals surface area contributed by atoms with Crippen molar-refractivity contribution in [3.63, 3.8) is 0 Å². The molecular weight excluding hydrogens is 402 g/mol. The van der Waals surface area contributed by atoms with Gasteiger partial charge in [0.25, 0.3) is 10.1 Å². The van der Waals surface area contributed by atoms with Crippen LogP contribution in [-0.2, 0) is 23.0 Å². The molecule has 1 N–H and O–H groups in total. The molecule has 0 aromatic heterocycles. The average molecular weight is 434 g/mol. The second-order valence-corrected chi connectivity index (χ2v) is 9.64. The van der Waals surface area contributed by atoms with Crippen LogP contribution in [0.15, 0.2) is 42.5 Å². The number of nitrogens with zero attached hydrogens (tertiary/aromatic N) is 1. The van der Waals surface area contributed by atoms with E-state index in [0.29, 0.717) is 18.2 Å². The topological polar surface area (TPSA) is 76.1 Å². The maximum Gasteiger partial charge on any atom is 0.261 e. The zero-order valence-corrected chi connectivity index (χ0v) is 18.9. The van der Waals surface area contributed by atoms with Gasteiger partial charge in [0.2, 0.25) is 0 Å². The molecule has 2 aromatic rings. The molecule has 1 saturated heterocycles. The maximum absolute atomic E-state index is 9.19. The molecule has 4 rings (SSSR count). The first kappa shape index (κ1) is 22.6. The van der Waals surface area contributed by atoms with Gasteiger partial charge in [0.05, 0.1) is 20.5 Å². The third-order valence-corrected chi connectivity index (χ3v) is 6.14. The number of hydrogen-bond acceptors (Lipinski definition) is 5. The number of likely N-dealkylation sites (tertiary alicyclic amines) is 1. The summed E-state index contributed by atoms with van der Waals surface area (Å²) in [4.78, 5) is 2.56. The molecule has 1 unspecified atom stereocenters. The predicted octanol–water partition coefficient (Wildman–Crippen LogP) is 3.41. The summed E-state index contributed by atoms with van der Waals surface area (Å²) in [6.07, 6.45) is 4.24. The standard InChI is InChI=1S/C22H27NO2.CH4O3S/c1-23-14-21-19-10-8-18(25-3)13-16(19)7-9-20(21)22(23)12-15-5-4-6-17(11-15)24-2;1-5(2,3)4/h4-6,8,10-11,13,20-22H,7,9,12,14H2,1-3H3;1H3,(H,2,3,4)/t20?,21-,22-;/m1./s1. The van der Waals surface area contributed by atoms with Crippen LogP contribution in [0.3, 0.4) is 0 Å². The van der Waals surface area contributed by atoms with Crippen molar-refractivity contribution in [3.8, 4) is 11.5 Å². The lowest BCUT2D eigenvalue weighted by molar-refractivity contribution is 0.259. The van der Waals surface area contributed by atoms with E-state index in [-0.39, 0.29) is 0 Å². The van der Waals surface area contributed by atoms with Crippen molar-refractivity contribution in [3.05, 3.63) is 59.2 Å². The van der Waals surface area contributed by atoms with Crippen LogP contribution >= 0.6 is 0 Å². The Morgan fingerprint density at radius 2 is 1.77 bits per heavy atom. The Balaban J connectivity index is 0.000000461. The van der Waals surface area contributed by atoms with Crippen LogP contribution in [0.25, 0.3) is 0 Å². The van der Waals surface area contributed by atoms with Gasteiger partial charge in [-0.25, -0.2) is 0 Å². The monoisotopic (exact) mass is 433 g/mol. The first-order valence-corrected chi connectivity index (χ1v) is 12.0. The smallest absolute Gasteiger partial charge is 0.261 e. The molecule has 1 fully saturated rings. The fourth-order valence-corrected chi connectivity index (χ4v) is 4.86. The molecule has 0 amide bonds. The van der Waals surface area contributed by atoms with Crippen LogP contribution < -0.4 is 9.47 Å². The minimum Gasteiger partial charge on any atom is -0.497 e. The Bertz CT molecular complexity index is 967. The highest BCUT2D eigenvalue weighted by atomic mass is 32.2. The fourth-order valence-electron chi connectivity index (χ4n) is 4.86. The lowest BCUT2D eigenvalue weighted by atomic mass is 9.73. The van der Waals surface area contributed by atoms with Gasteiger partial charge in [0, 0.05) is 18.5 Å². The number of ether oxygens (including phenoxy) is 2. The highest BCUT2D eigenvalue weighted by Crippen LogP contribution is 2.46. The Morgan fingerprint density at radius 1 is 1.10 bits per heavy atom. The van der Waals surface area contributed by atoms with Gasteiger partial charge < -0.3 is 14.4 Å². The summed E-state index contributed by atoms with van der Waals surface area (Å²) in [5, 5.41) is 0. The van der Waals surface area contributed by atoms with Gasteiger partial charge in [-0.1, -0.05) is 18.2 Å². The van der Waals surface area contributed by atoms with E-state index in [1.165, 1.54) is 23.1 Å². The molecule has 6 nitrogen and oxygen atoms in total. The minimum atomic E-state index is -3.67. The zero-order chi connectivity index (χ0) is 21.9. The maximum atomic E-state index is 9.19. The number of fused-ring (bicyclic) bond motifs is 3. The van der Waals surface area contributed by atoms with E-state index >= 15 is 0 Å².